The molecule has 0 spiro atoms. The molecule has 0 aromatic heterocycles. The molecule has 0 bridgehead atoms. The first-order valence-corrected chi connectivity index (χ1v) is 7.69. The van der Waals surface area contributed by atoms with Crippen LogP contribution >= 0.6 is 15.9 Å². The third-order valence-electron chi connectivity index (χ3n) is 2.76. The molecule has 0 unspecified atom stereocenters. The van der Waals surface area contributed by atoms with Crippen molar-refractivity contribution in [2.75, 3.05) is 6.26 Å². The van der Waals surface area contributed by atoms with E-state index < -0.39 is 15.4 Å². The summed E-state index contributed by atoms with van der Waals surface area (Å²) in [5.74, 6) is 0. The van der Waals surface area contributed by atoms with Crippen molar-refractivity contribution in [3.8, 4) is 0 Å². The Labute approximate surface area is 104 Å². The Bertz CT molecular complexity index is 518. The Morgan fingerprint density at radius 2 is 2.06 bits per heavy atom. The number of benzene rings is 1. The van der Waals surface area contributed by atoms with Crippen LogP contribution < -0.4 is 0 Å². The quantitative estimate of drug-likeness (QED) is 0.928. The van der Waals surface area contributed by atoms with Gasteiger partial charge in [0.2, 0.25) is 0 Å². The van der Waals surface area contributed by atoms with Crippen molar-refractivity contribution in [3.05, 3.63) is 28.2 Å². The van der Waals surface area contributed by atoms with Crippen LogP contribution in [-0.4, -0.2) is 25.4 Å². The second-order valence-electron chi connectivity index (χ2n) is 4.44. The minimum atomic E-state index is -3.19. The summed E-state index contributed by atoms with van der Waals surface area (Å²) in [6, 6.07) is 5.12. The van der Waals surface area contributed by atoms with Gasteiger partial charge >= 0.3 is 0 Å². The van der Waals surface area contributed by atoms with Crippen molar-refractivity contribution in [2.45, 2.75) is 29.8 Å². The normalized spacial score (nSPS) is 18.4. The van der Waals surface area contributed by atoms with Crippen molar-refractivity contribution >= 4 is 25.8 Å². The summed E-state index contributed by atoms with van der Waals surface area (Å²) in [6.45, 7) is 0. The van der Waals surface area contributed by atoms with Gasteiger partial charge in [0.25, 0.3) is 0 Å². The molecule has 1 fully saturated rings. The fourth-order valence-corrected chi connectivity index (χ4v) is 3.69. The topological polar surface area (TPSA) is 54.4 Å². The number of rotatable bonds is 3. The summed E-state index contributed by atoms with van der Waals surface area (Å²) in [4.78, 5) is 0.291. The van der Waals surface area contributed by atoms with Crippen LogP contribution in [-0.2, 0) is 16.3 Å². The largest absolute Gasteiger partial charge is 0.390 e. The molecule has 0 radical (unpaired) electrons. The van der Waals surface area contributed by atoms with E-state index in [1.807, 2.05) is 0 Å². The van der Waals surface area contributed by atoms with Crippen LogP contribution in [0.2, 0.25) is 0 Å². The minimum Gasteiger partial charge on any atom is -0.390 e. The average molecular weight is 305 g/mol. The Morgan fingerprint density at radius 1 is 1.44 bits per heavy atom. The van der Waals surface area contributed by atoms with Gasteiger partial charge in [-0.05, 0) is 46.5 Å². The molecule has 0 heterocycles. The van der Waals surface area contributed by atoms with E-state index in [0.29, 0.717) is 15.8 Å². The van der Waals surface area contributed by atoms with Crippen LogP contribution in [0, 0.1) is 0 Å². The van der Waals surface area contributed by atoms with Gasteiger partial charge in [-0.15, -0.1) is 0 Å². The molecule has 1 aromatic carbocycles. The van der Waals surface area contributed by atoms with Crippen LogP contribution in [0.4, 0.5) is 0 Å². The van der Waals surface area contributed by atoms with Gasteiger partial charge in [-0.3, -0.25) is 0 Å². The Hall–Kier alpha value is -0.390. The Kier molecular flexibility index (Phi) is 2.88. The van der Waals surface area contributed by atoms with Crippen LogP contribution in [0.25, 0.3) is 0 Å². The number of halogens is 1. The monoisotopic (exact) mass is 304 g/mol. The zero-order valence-electron chi connectivity index (χ0n) is 8.90. The van der Waals surface area contributed by atoms with E-state index in [1.54, 1.807) is 18.2 Å². The van der Waals surface area contributed by atoms with E-state index in [1.165, 1.54) is 6.26 Å². The first-order chi connectivity index (χ1) is 7.30. The van der Waals surface area contributed by atoms with E-state index in [0.717, 1.165) is 18.4 Å². The maximum absolute atomic E-state index is 11.4. The highest BCUT2D eigenvalue weighted by atomic mass is 79.9. The predicted octanol–water partition coefficient (Wildman–Crippen LogP) is 1.92. The highest BCUT2D eigenvalue weighted by Crippen LogP contribution is 2.38. The Balaban J connectivity index is 2.29. The third kappa shape index (κ3) is 2.64. The lowest BCUT2D eigenvalue weighted by Gasteiger charge is -2.09. The number of aliphatic hydroxyl groups is 1. The number of hydrogen-bond acceptors (Lipinski definition) is 3. The molecule has 1 aliphatic carbocycles. The molecule has 0 saturated heterocycles. The highest BCUT2D eigenvalue weighted by Gasteiger charge is 2.40. The summed E-state index contributed by atoms with van der Waals surface area (Å²) in [7, 11) is -3.19. The van der Waals surface area contributed by atoms with Gasteiger partial charge in [0, 0.05) is 17.1 Å². The van der Waals surface area contributed by atoms with Crippen molar-refractivity contribution < 1.29 is 13.5 Å². The average Bonchev–Trinajstić information content (AvgIpc) is 2.80. The third-order valence-corrected chi connectivity index (χ3v) is 4.83. The molecule has 1 N–H and O–H groups in total. The van der Waals surface area contributed by atoms with Gasteiger partial charge in [-0.25, -0.2) is 8.42 Å². The fourth-order valence-electron chi connectivity index (χ4n) is 1.66. The lowest BCUT2D eigenvalue weighted by atomic mass is 10.1. The molecule has 88 valence electrons. The first-order valence-electron chi connectivity index (χ1n) is 5.01. The molecule has 2 rings (SSSR count). The van der Waals surface area contributed by atoms with Crippen molar-refractivity contribution in [1.29, 1.82) is 0 Å². The summed E-state index contributed by atoms with van der Waals surface area (Å²) < 4.78 is 23.3. The lowest BCUT2D eigenvalue weighted by Crippen LogP contribution is -2.11. The van der Waals surface area contributed by atoms with Crippen molar-refractivity contribution in [1.82, 2.24) is 0 Å². The first kappa shape index (κ1) is 12.1. The van der Waals surface area contributed by atoms with Gasteiger partial charge in [-0.2, -0.15) is 0 Å². The van der Waals surface area contributed by atoms with Gasteiger partial charge in [0.1, 0.15) is 0 Å². The second kappa shape index (κ2) is 3.82. The molecule has 0 atom stereocenters. The summed E-state index contributed by atoms with van der Waals surface area (Å²) in [5.41, 5.74) is 0.408. The molecular formula is C11H13BrO3S. The van der Waals surface area contributed by atoms with Gasteiger partial charge in [0.05, 0.1) is 10.5 Å². The number of sulfone groups is 1. The summed E-state index contributed by atoms with van der Waals surface area (Å²) >= 11 is 3.25. The predicted molar refractivity (Wildman–Crippen MR) is 65.1 cm³/mol. The van der Waals surface area contributed by atoms with Crippen molar-refractivity contribution in [3.63, 3.8) is 0 Å². The Morgan fingerprint density at radius 3 is 2.50 bits per heavy atom. The molecule has 16 heavy (non-hydrogen) atoms. The lowest BCUT2D eigenvalue weighted by molar-refractivity contribution is 0.151. The smallest absolute Gasteiger partial charge is 0.176 e. The maximum atomic E-state index is 11.4. The van der Waals surface area contributed by atoms with Gasteiger partial charge < -0.3 is 5.11 Å². The molecular weight excluding hydrogens is 292 g/mol. The van der Waals surface area contributed by atoms with Gasteiger partial charge in [0.15, 0.2) is 9.84 Å². The van der Waals surface area contributed by atoms with Crippen LogP contribution in [0.15, 0.2) is 27.6 Å². The molecule has 5 heteroatoms. The fraction of sp³-hybridized carbons (Fsp3) is 0.455. The van der Waals surface area contributed by atoms with Crippen LogP contribution in [0.3, 0.4) is 0 Å². The molecule has 0 amide bonds. The van der Waals surface area contributed by atoms with E-state index in [4.69, 9.17) is 0 Å². The standard InChI is InChI=1S/C11H13BrO3S/c1-16(14,15)10-3-2-8(6-9(10)12)7-11(13)4-5-11/h2-3,6,13H,4-5,7H2,1H3. The van der Waals surface area contributed by atoms with Crippen LogP contribution in [0.1, 0.15) is 18.4 Å². The van der Waals surface area contributed by atoms with Gasteiger partial charge in [-0.1, -0.05) is 6.07 Å². The molecule has 1 aromatic rings. The maximum Gasteiger partial charge on any atom is 0.176 e. The molecule has 0 aliphatic heterocycles. The number of hydrogen-bond donors (Lipinski definition) is 1. The SMILES string of the molecule is CS(=O)(=O)c1ccc(CC2(O)CC2)cc1Br. The van der Waals surface area contributed by atoms with E-state index in [9.17, 15) is 13.5 Å². The van der Waals surface area contributed by atoms with E-state index >= 15 is 0 Å². The van der Waals surface area contributed by atoms with E-state index in [-0.39, 0.29) is 0 Å². The molecule has 3 nitrogen and oxygen atoms in total. The molecule has 1 aliphatic rings. The minimum absolute atomic E-state index is 0.291. The second-order valence-corrected chi connectivity index (χ2v) is 7.28. The zero-order valence-corrected chi connectivity index (χ0v) is 11.3. The van der Waals surface area contributed by atoms with E-state index in [2.05, 4.69) is 15.9 Å². The van der Waals surface area contributed by atoms with Crippen LogP contribution in [0.5, 0.6) is 0 Å². The van der Waals surface area contributed by atoms with Crippen molar-refractivity contribution in [2.24, 2.45) is 0 Å². The molecule has 1 saturated carbocycles. The zero-order chi connectivity index (χ0) is 12.0. The summed E-state index contributed by atoms with van der Waals surface area (Å²) in [6.07, 6.45) is 3.44. The highest BCUT2D eigenvalue weighted by molar-refractivity contribution is 9.10. The summed E-state index contributed by atoms with van der Waals surface area (Å²) in [5, 5.41) is 9.77.